The quantitative estimate of drug-likeness (QED) is 0.293. The molecule has 4 aromatic rings. The zero-order chi connectivity index (χ0) is 25.2. The van der Waals surface area contributed by atoms with Crippen LogP contribution >= 0.6 is 11.8 Å². The number of allylic oxidation sites excluding steroid dienone is 2. The Bertz CT molecular complexity index is 1470. The number of nitrogens with one attached hydrogen (secondary N) is 1. The summed E-state index contributed by atoms with van der Waals surface area (Å²) < 4.78 is 21.8. The number of benzene rings is 3. The number of ketones is 1. The second-order valence-corrected chi connectivity index (χ2v) is 10.0. The largest absolute Gasteiger partial charge is 0.489 e. The molecule has 2 aliphatic rings. The Morgan fingerprint density at radius 2 is 1.78 bits per heavy atom. The van der Waals surface area contributed by atoms with Crippen LogP contribution in [0.3, 0.4) is 0 Å². The van der Waals surface area contributed by atoms with E-state index in [1.54, 1.807) is 16.8 Å². The molecule has 1 aliphatic heterocycles. The van der Waals surface area contributed by atoms with Crippen molar-refractivity contribution < 1.29 is 13.9 Å². The van der Waals surface area contributed by atoms with Crippen molar-refractivity contribution in [2.24, 2.45) is 0 Å². The molecule has 186 valence electrons. The number of thioether (sulfide) groups is 1. The molecule has 0 saturated carbocycles. The van der Waals surface area contributed by atoms with E-state index in [1.165, 1.54) is 17.8 Å². The lowest BCUT2D eigenvalue weighted by molar-refractivity contribution is -0.116. The molecule has 0 spiro atoms. The number of hydrogen-bond acceptors (Lipinski definition) is 6. The maximum absolute atomic E-state index is 14.1. The molecule has 0 saturated heterocycles. The zero-order valence-electron chi connectivity index (χ0n) is 20.1. The first-order chi connectivity index (χ1) is 18.2. The van der Waals surface area contributed by atoms with Gasteiger partial charge in [0.15, 0.2) is 5.78 Å². The van der Waals surface area contributed by atoms with Crippen molar-refractivity contribution in [1.29, 1.82) is 0 Å². The summed E-state index contributed by atoms with van der Waals surface area (Å²) in [5, 5.41) is 8.62. The molecule has 1 N–H and O–H groups in total. The van der Waals surface area contributed by atoms with E-state index in [2.05, 4.69) is 10.3 Å². The van der Waals surface area contributed by atoms with Gasteiger partial charge in [0.2, 0.25) is 11.1 Å². The van der Waals surface area contributed by atoms with Gasteiger partial charge in [0.25, 0.3) is 0 Å². The van der Waals surface area contributed by atoms with Gasteiger partial charge < -0.3 is 10.1 Å². The van der Waals surface area contributed by atoms with E-state index in [0.29, 0.717) is 35.4 Å². The molecule has 1 aromatic heterocycles. The zero-order valence-corrected chi connectivity index (χ0v) is 20.9. The van der Waals surface area contributed by atoms with E-state index in [-0.39, 0.29) is 17.6 Å². The number of carbonyl (C=O) groups is 1. The van der Waals surface area contributed by atoms with Crippen molar-refractivity contribution in [3.63, 3.8) is 0 Å². The summed E-state index contributed by atoms with van der Waals surface area (Å²) in [6, 6.07) is 24.2. The molecule has 1 atom stereocenters. The summed E-state index contributed by atoms with van der Waals surface area (Å²) in [6.07, 6.45) is 2.13. The SMILES string of the molecule is O=C1CCCC2=C1C(c1ccc(OCc3ccccc3)cc1)n1nc(SCc3ccccc3F)nc1N2. The molecule has 6 rings (SSSR count). The van der Waals surface area contributed by atoms with Crippen LogP contribution in [0.2, 0.25) is 0 Å². The van der Waals surface area contributed by atoms with Crippen LogP contribution in [0.1, 0.15) is 42.0 Å². The van der Waals surface area contributed by atoms with E-state index in [4.69, 9.17) is 9.84 Å². The van der Waals surface area contributed by atoms with Gasteiger partial charge >= 0.3 is 0 Å². The molecule has 0 amide bonds. The summed E-state index contributed by atoms with van der Waals surface area (Å²) in [5.41, 5.74) is 4.29. The van der Waals surface area contributed by atoms with Crippen LogP contribution in [-0.2, 0) is 17.2 Å². The van der Waals surface area contributed by atoms with Gasteiger partial charge in [0.05, 0.1) is 0 Å². The van der Waals surface area contributed by atoms with Gasteiger partial charge in [-0.3, -0.25) is 4.79 Å². The van der Waals surface area contributed by atoms with E-state index < -0.39 is 0 Å². The normalized spacial score (nSPS) is 16.7. The number of anilines is 1. The van der Waals surface area contributed by atoms with Crippen LogP contribution in [0.5, 0.6) is 5.75 Å². The van der Waals surface area contributed by atoms with Gasteiger partial charge in [-0.1, -0.05) is 72.4 Å². The summed E-state index contributed by atoms with van der Waals surface area (Å²) in [5.74, 6) is 1.65. The predicted molar refractivity (Wildman–Crippen MR) is 141 cm³/mol. The van der Waals surface area contributed by atoms with Crippen LogP contribution < -0.4 is 10.1 Å². The molecule has 2 heterocycles. The summed E-state index contributed by atoms with van der Waals surface area (Å²) in [7, 11) is 0. The van der Waals surface area contributed by atoms with Gasteiger partial charge in [-0.05, 0) is 47.7 Å². The maximum atomic E-state index is 14.1. The standard InChI is InChI=1S/C29H25FN4O2S/c30-23-10-5-4-9-21(23)18-37-29-32-28-31-24-11-6-12-25(35)26(24)27(34(28)33-29)20-13-15-22(16-14-20)36-17-19-7-2-1-3-8-19/h1-5,7-10,13-16,27H,6,11-12,17-18H2,(H,31,32,33). The van der Waals surface area contributed by atoms with Crippen molar-refractivity contribution >= 4 is 23.5 Å². The number of fused-ring (bicyclic) bond motifs is 1. The summed E-state index contributed by atoms with van der Waals surface area (Å²) >= 11 is 1.37. The van der Waals surface area contributed by atoms with Gasteiger partial charge in [0, 0.05) is 23.4 Å². The molecule has 6 nitrogen and oxygen atoms in total. The molecule has 0 fully saturated rings. The third-order valence-corrected chi connectivity index (χ3v) is 7.49. The lowest BCUT2D eigenvalue weighted by Crippen LogP contribution is -2.31. The first kappa shape index (κ1) is 23.5. The molecule has 1 unspecified atom stereocenters. The molecule has 1 aliphatic carbocycles. The van der Waals surface area contributed by atoms with E-state index in [1.807, 2.05) is 60.7 Å². The minimum absolute atomic E-state index is 0.130. The third-order valence-electron chi connectivity index (χ3n) is 6.61. The Kier molecular flexibility index (Phi) is 6.49. The van der Waals surface area contributed by atoms with Gasteiger partial charge in [0.1, 0.15) is 24.2 Å². The highest BCUT2D eigenvalue weighted by Gasteiger charge is 2.36. The smallest absolute Gasteiger partial charge is 0.227 e. The second-order valence-electron chi connectivity index (χ2n) is 9.08. The van der Waals surface area contributed by atoms with Gasteiger partial charge in [-0.15, -0.1) is 5.10 Å². The highest BCUT2D eigenvalue weighted by atomic mass is 32.2. The lowest BCUT2D eigenvalue weighted by atomic mass is 9.85. The highest BCUT2D eigenvalue weighted by Crippen LogP contribution is 2.41. The van der Waals surface area contributed by atoms with Crippen LogP contribution in [0.15, 0.2) is 95.3 Å². The molecular formula is C29H25FN4O2S. The fraction of sp³-hybridized carbons (Fsp3) is 0.207. The number of carbonyl (C=O) groups excluding carboxylic acids is 1. The molecule has 37 heavy (non-hydrogen) atoms. The second kappa shape index (κ2) is 10.2. The fourth-order valence-corrected chi connectivity index (χ4v) is 5.57. The fourth-order valence-electron chi connectivity index (χ4n) is 4.75. The van der Waals surface area contributed by atoms with Crippen LogP contribution in [-0.4, -0.2) is 20.5 Å². The topological polar surface area (TPSA) is 69.0 Å². The summed E-state index contributed by atoms with van der Waals surface area (Å²) in [6.45, 7) is 0.483. The van der Waals surface area contributed by atoms with Crippen molar-refractivity contribution in [3.8, 4) is 5.75 Å². The Balaban J connectivity index is 1.27. The minimum atomic E-state index is -0.377. The number of halogens is 1. The molecule has 0 bridgehead atoms. The Hall–Kier alpha value is -3.91. The highest BCUT2D eigenvalue weighted by molar-refractivity contribution is 7.98. The number of rotatable bonds is 7. The number of ether oxygens (including phenoxy) is 1. The monoisotopic (exact) mass is 512 g/mol. The predicted octanol–water partition coefficient (Wildman–Crippen LogP) is 6.31. The maximum Gasteiger partial charge on any atom is 0.227 e. The van der Waals surface area contributed by atoms with Crippen LogP contribution in [0, 0.1) is 5.82 Å². The van der Waals surface area contributed by atoms with Crippen LogP contribution in [0.4, 0.5) is 10.3 Å². The van der Waals surface area contributed by atoms with Crippen molar-refractivity contribution in [1.82, 2.24) is 14.8 Å². The van der Waals surface area contributed by atoms with Gasteiger partial charge in [-0.2, -0.15) is 4.98 Å². The first-order valence-corrected chi connectivity index (χ1v) is 13.3. The number of nitrogens with zero attached hydrogens (tertiary/aromatic N) is 3. The lowest BCUT2D eigenvalue weighted by Gasteiger charge is -2.32. The average molecular weight is 513 g/mol. The number of hydrogen-bond donors (Lipinski definition) is 1. The number of Topliss-reactive ketones (excluding diaryl/α,β-unsaturated/α-hetero) is 1. The van der Waals surface area contributed by atoms with Gasteiger partial charge in [-0.25, -0.2) is 9.07 Å². The van der Waals surface area contributed by atoms with Crippen molar-refractivity contribution in [2.75, 3.05) is 5.32 Å². The van der Waals surface area contributed by atoms with E-state index in [0.717, 1.165) is 41.0 Å². The molecule has 3 aromatic carbocycles. The van der Waals surface area contributed by atoms with E-state index >= 15 is 0 Å². The first-order valence-electron chi connectivity index (χ1n) is 12.3. The Morgan fingerprint density at radius 1 is 1.00 bits per heavy atom. The average Bonchev–Trinajstić information content (AvgIpc) is 3.34. The van der Waals surface area contributed by atoms with Crippen LogP contribution in [0.25, 0.3) is 0 Å². The minimum Gasteiger partial charge on any atom is -0.489 e. The Morgan fingerprint density at radius 3 is 2.59 bits per heavy atom. The Labute approximate surface area is 218 Å². The summed E-state index contributed by atoms with van der Waals surface area (Å²) in [4.78, 5) is 17.8. The number of aromatic nitrogens is 3. The van der Waals surface area contributed by atoms with Crippen molar-refractivity contribution in [2.45, 2.75) is 42.8 Å². The van der Waals surface area contributed by atoms with E-state index in [9.17, 15) is 9.18 Å². The molecule has 8 heteroatoms. The van der Waals surface area contributed by atoms with Crippen molar-refractivity contribution in [3.05, 3.63) is 113 Å². The third kappa shape index (κ3) is 4.89. The molecule has 0 radical (unpaired) electrons. The molecular weight excluding hydrogens is 487 g/mol.